The minimum absolute atomic E-state index is 0.357. The number of nitrogens with one attached hydrogen (secondary N) is 1. The second kappa shape index (κ2) is 6.55. The molecule has 2 aromatic rings. The zero-order valence-corrected chi connectivity index (χ0v) is 12.5. The van der Waals surface area contributed by atoms with Crippen LogP contribution in [0.2, 0.25) is 10.0 Å². The third kappa shape index (κ3) is 3.49. The Morgan fingerprint density at radius 2 is 1.95 bits per heavy atom. The molecule has 2 aromatic carbocycles. The van der Waals surface area contributed by atoms with E-state index in [9.17, 15) is 4.39 Å². The molecule has 2 nitrogen and oxygen atoms in total. The zero-order valence-electron chi connectivity index (χ0n) is 11.0. The number of halogens is 3. The molecule has 106 valence electrons. The maximum atomic E-state index is 13.9. The van der Waals surface area contributed by atoms with Crippen LogP contribution >= 0.6 is 23.2 Å². The van der Waals surface area contributed by atoms with Crippen molar-refractivity contribution < 1.29 is 4.39 Å². The van der Waals surface area contributed by atoms with E-state index in [-0.39, 0.29) is 11.9 Å². The van der Waals surface area contributed by atoms with Crippen LogP contribution < -0.4 is 11.3 Å². The smallest absolute Gasteiger partial charge is 0.129 e. The number of benzene rings is 2. The van der Waals surface area contributed by atoms with Gasteiger partial charge in [-0.25, -0.2) is 4.39 Å². The standard InChI is InChI=1S/C15H15Cl2FN2/c1-9-2-3-10(13(17)6-9)7-15(20-19)12-5-4-11(16)8-14(12)18/h2-6,8,15,20H,7,19H2,1H3. The first-order chi connectivity index (χ1) is 9.51. The zero-order chi connectivity index (χ0) is 14.7. The van der Waals surface area contributed by atoms with Crippen LogP contribution in [-0.2, 0) is 6.42 Å². The molecule has 3 N–H and O–H groups in total. The van der Waals surface area contributed by atoms with E-state index >= 15 is 0 Å². The molecule has 0 heterocycles. The van der Waals surface area contributed by atoms with Crippen LogP contribution in [0.5, 0.6) is 0 Å². The highest BCUT2D eigenvalue weighted by molar-refractivity contribution is 6.31. The summed E-state index contributed by atoms with van der Waals surface area (Å²) in [6.45, 7) is 1.97. The van der Waals surface area contributed by atoms with Crippen LogP contribution in [0.15, 0.2) is 36.4 Å². The van der Waals surface area contributed by atoms with Crippen LogP contribution in [0, 0.1) is 12.7 Å². The molecule has 0 fully saturated rings. The summed E-state index contributed by atoms with van der Waals surface area (Å²) in [6.07, 6.45) is 0.494. The highest BCUT2D eigenvalue weighted by atomic mass is 35.5. The normalized spacial score (nSPS) is 12.4. The summed E-state index contributed by atoms with van der Waals surface area (Å²) in [5.74, 6) is 5.16. The van der Waals surface area contributed by atoms with E-state index in [0.717, 1.165) is 11.1 Å². The fourth-order valence-corrected chi connectivity index (χ4v) is 2.55. The average Bonchev–Trinajstić information content (AvgIpc) is 2.39. The molecule has 0 aliphatic carbocycles. The first-order valence-corrected chi connectivity index (χ1v) is 6.93. The summed E-state index contributed by atoms with van der Waals surface area (Å²) in [5, 5.41) is 1.01. The van der Waals surface area contributed by atoms with Gasteiger partial charge in [0.25, 0.3) is 0 Å². The molecule has 0 bridgehead atoms. The fourth-order valence-electron chi connectivity index (χ4n) is 2.08. The van der Waals surface area contributed by atoms with Crippen LogP contribution in [0.1, 0.15) is 22.7 Å². The summed E-state index contributed by atoms with van der Waals surface area (Å²) in [7, 11) is 0. The molecule has 0 aliphatic rings. The van der Waals surface area contributed by atoms with Crippen LogP contribution in [0.3, 0.4) is 0 Å². The molecule has 20 heavy (non-hydrogen) atoms. The second-order valence-corrected chi connectivity index (χ2v) is 5.53. The largest absolute Gasteiger partial charge is 0.271 e. The molecule has 0 saturated carbocycles. The van der Waals surface area contributed by atoms with Gasteiger partial charge in [0.15, 0.2) is 0 Å². The van der Waals surface area contributed by atoms with Gasteiger partial charge in [0, 0.05) is 15.6 Å². The minimum Gasteiger partial charge on any atom is -0.271 e. The maximum Gasteiger partial charge on any atom is 0.129 e. The van der Waals surface area contributed by atoms with Gasteiger partial charge in [-0.15, -0.1) is 0 Å². The second-order valence-electron chi connectivity index (χ2n) is 4.68. The highest BCUT2D eigenvalue weighted by Crippen LogP contribution is 2.26. The predicted octanol–water partition coefficient (Wildman–Crippen LogP) is 4.19. The molecule has 5 heteroatoms. The van der Waals surface area contributed by atoms with E-state index in [1.165, 1.54) is 6.07 Å². The Hall–Kier alpha value is -1.13. The lowest BCUT2D eigenvalue weighted by atomic mass is 9.98. The van der Waals surface area contributed by atoms with E-state index < -0.39 is 0 Å². The lowest BCUT2D eigenvalue weighted by molar-refractivity contribution is 0.510. The van der Waals surface area contributed by atoms with Gasteiger partial charge in [-0.3, -0.25) is 11.3 Å². The monoisotopic (exact) mass is 312 g/mol. The number of hydrogen-bond acceptors (Lipinski definition) is 2. The summed E-state index contributed by atoms with van der Waals surface area (Å²) in [4.78, 5) is 0. The van der Waals surface area contributed by atoms with E-state index in [1.54, 1.807) is 12.1 Å². The Bertz CT molecular complexity index is 617. The Kier molecular flexibility index (Phi) is 5.00. The number of aryl methyl sites for hydroxylation is 1. The number of nitrogens with two attached hydrogens (primary N) is 1. The lowest BCUT2D eigenvalue weighted by Gasteiger charge is -2.18. The van der Waals surface area contributed by atoms with Crippen molar-refractivity contribution in [3.05, 3.63) is 69.0 Å². The lowest BCUT2D eigenvalue weighted by Crippen LogP contribution is -2.30. The third-order valence-corrected chi connectivity index (χ3v) is 3.76. The molecule has 0 spiro atoms. The molecule has 1 atom stereocenters. The van der Waals surface area contributed by atoms with Gasteiger partial charge in [0.2, 0.25) is 0 Å². The van der Waals surface area contributed by atoms with Gasteiger partial charge in [0.05, 0.1) is 6.04 Å². The first-order valence-electron chi connectivity index (χ1n) is 6.17. The minimum atomic E-state index is -0.385. The molecule has 0 aliphatic heterocycles. The number of rotatable bonds is 4. The van der Waals surface area contributed by atoms with Gasteiger partial charge < -0.3 is 0 Å². The predicted molar refractivity (Wildman–Crippen MR) is 81.4 cm³/mol. The molecule has 0 saturated heterocycles. The van der Waals surface area contributed by atoms with Crippen molar-refractivity contribution in [1.82, 2.24) is 5.43 Å². The van der Waals surface area contributed by atoms with Crippen LogP contribution in [0.4, 0.5) is 4.39 Å². The van der Waals surface area contributed by atoms with Gasteiger partial charge in [-0.05, 0) is 42.7 Å². The van der Waals surface area contributed by atoms with Crippen LogP contribution in [0.25, 0.3) is 0 Å². The summed E-state index contributed by atoms with van der Waals surface area (Å²) >= 11 is 12.0. The third-order valence-electron chi connectivity index (χ3n) is 3.17. The Morgan fingerprint density at radius 3 is 2.55 bits per heavy atom. The Balaban J connectivity index is 2.28. The van der Waals surface area contributed by atoms with Crippen molar-refractivity contribution in [3.63, 3.8) is 0 Å². The van der Waals surface area contributed by atoms with E-state index in [4.69, 9.17) is 29.0 Å². The van der Waals surface area contributed by atoms with Crippen molar-refractivity contribution in [2.24, 2.45) is 5.84 Å². The van der Waals surface area contributed by atoms with Crippen molar-refractivity contribution in [2.75, 3.05) is 0 Å². The molecule has 0 aromatic heterocycles. The Labute approximate surface area is 127 Å². The quantitative estimate of drug-likeness (QED) is 0.656. The van der Waals surface area contributed by atoms with Crippen molar-refractivity contribution in [1.29, 1.82) is 0 Å². The van der Waals surface area contributed by atoms with Crippen LogP contribution in [-0.4, -0.2) is 0 Å². The van der Waals surface area contributed by atoms with Gasteiger partial charge in [-0.1, -0.05) is 41.4 Å². The SMILES string of the molecule is Cc1ccc(CC(NN)c2ccc(Cl)cc2F)c(Cl)c1. The van der Waals surface area contributed by atoms with Crippen molar-refractivity contribution in [3.8, 4) is 0 Å². The van der Waals surface area contributed by atoms with E-state index in [1.807, 2.05) is 25.1 Å². The van der Waals surface area contributed by atoms with E-state index in [0.29, 0.717) is 22.0 Å². The summed E-state index contributed by atoms with van der Waals surface area (Å²) < 4.78 is 13.9. The fraction of sp³-hybridized carbons (Fsp3) is 0.200. The highest BCUT2D eigenvalue weighted by Gasteiger charge is 2.16. The molecule has 2 rings (SSSR count). The first kappa shape index (κ1) is 15.3. The number of hydrogen-bond donors (Lipinski definition) is 2. The van der Waals surface area contributed by atoms with Crippen molar-refractivity contribution >= 4 is 23.2 Å². The van der Waals surface area contributed by atoms with Gasteiger partial charge in [-0.2, -0.15) is 0 Å². The Morgan fingerprint density at radius 1 is 1.20 bits per heavy atom. The molecular weight excluding hydrogens is 298 g/mol. The molecular formula is C15H15Cl2FN2. The van der Waals surface area contributed by atoms with Gasteiger partial charge in [0.1, 0.15) is 5.82 Å². The topological polar surface area (TPSA) is 38.0 Å². The molecule has 0 radical (unpaired) electrons. The number of hydrazine groups is 1. The maximum absolute atomic E-state index is 13.9. The summed E-state index contributed by atoms with van der Waals surface area (Å²) in [5.41, 5.74) is 5.08. The average molecular weight is 313 g/mol. The van der Waals surface area contributed by atoms with Gasteiger partial charge >= 0.3 is 0 Å². The summed E-state index contributed by atoms with van der Waals surface area (Å²) in [6, 6.07) is 9.95. The van der Waals surface area contributed by atoms with E-state index in [2.05, 4.69) is 5.43 Å². The van der Waals surface area contributed by atoms with Crippen molar-refractivity contribution in [2.45, 2.75) is 19.4 Å². The molecule has 0 amide bonds. The molecule has 1 unspecified atom stereocenters.